The van der Waals surface area contributed by atoms with Crippen LogP contribution in [-0.4, -0.2) is 24.9 Å². The Morgan fingerprint density at radius 1 is 1.00 bits per heavy atom. The van der Waals surface area contributed by atoms with Crippen molar-refractivity contribution in [3.05, 3.63) is 84.0 Å². The Morgan fingerprint density at radius 2 is 1.76 bits per heavy atom. The molecular formula is C24H18ClN3O3S2. The quantitative estimate of drug-likeness (QED) is 0.269. The molecule has 0 atom stereocenters. The van der Waals surface area contributed by atoms with Crippen molar-refractivity contribution >= 4 is 50.1 Å². The summed E-state index contributed by atoms with van der Waals surface area (Å²) in [6.45, 7) is 1.89. The Bertz CT molecular complexity index is 1530. The number of anilines is 1. The SMILES string of the molecule is CCN(c1nc2cc(Cl)ccc2o1)S(=O)(=O)c1ccc(-c2ncc(-c3ccccc3)s2)cc1. The average Bonchev–Trinajstić information content (AvgIpc) is 3.47. The molecule has 0 unspecified atom stereocenters. The summed E-state index contributed by atoms with van der Waals surface area (Å²) in [6, 6.07) is 21.7. The monoisotopic (exact) mass is 495 g/mol. The number of oxazole rings is 1. The Kier molecular flexibility index (Phi) is 5.65. The van der Waals surface area contributed by atoms with Gasteiger partial charge in [0.25, 0.3) is 10.0 Å². The van der Waals surface area contributed by atoms with Gasteiger partial charge in [-0.25, -0.2) is 17.7 Å². The summed E-state index contributed by atoms with van der Waals surface area (Å²) in [5.74, 6) is 0. The Morgan fingerprint density at radius 3 is 2.48 bits per heavy atom. The van der Waals surface area contributed by atoms with Gasteiger partial charge in [0.1, 0.15) is 10.5 Å². The molecule has 0 aliphatic rings. The molecule has 0 aliphatic carbocycles. The van der Waals surface area contributed by atoms with Crippen molar-refractivity contribution in [1.82, 2.24) is 9.97 Å². The van der Waals surface area contributed by atoms with E-state index in [1.807, 2.05) is 36.5 Å². The Hall–Kier alpha value is -3.20. The van der Waals surface area contributed by atoms with Gasteiger partial charge in [-0.2, -0.15) is 4.98 Å². The third-order valence-corrected chi connectivity index (χ3v) is 8.29. The zero-order valence-corrected chi connectivity index (χ0v) is 19.9. The summed E-state index contributed by atoms with van der Waals surface area (Å²) < 4.78 is 33.5. The van der Waals surface area contributed by atoms with Gasteiger partial charge in [-0.05, 0) is 42.8 Å². The molecule has 3 aromatic carbocycles. The van der Waals surface area contributed by atoms with E-state index in [0.29, 0.717) is 16.1 Å². The predicted molar refractivity (Wildman–Crippen MR) is 132 cm³/mol. The van der Waals surface area contributed by atoms with Crippen LogP contribution in [-0.2, 0) is 10.0 Å². The topological polar surface area (TPSA) is 76.3 Å². The molecule has 9 heteroatoms. The van der Waals surface area contributed by atoms with E-state index in [2.05, 4.69) is 9.97 Å². The van der Waals surface area contributed by atoms with Crippen molar-refractivity contribution in [2.75, 3.05) is 10.8 Å². The molecule has 0 radical (unpaired) electrons. The molecule has 0 spiro atoms. The van der Waals surface area contributed by atoms with Gasteiger partial charge in [0.05, 0.1) is 9.77 Å². The zero-order valence-electron chi connectivity index (χ0n) is 17.5. The van der Waals surface area contributed by atoms with E-state index < -0.39 is 10.0 Å². The summed E-state index contributed by atoms with van der Waals surface area (Å²) in [5, 5.41) is 1.32. The van der Waals surface area contributed by atoms with Crippen LogP contribution < -0.4 is 4.31 Å². The summed E-state index contributed by atoms with van der Waals surface area (Å²) in [6.07, 6.45) is 1.83. The second-order valence-corrected chi connectivity index (χ2v) is 10.5. The number of sulfonamides is 1. The van der Waals surface area contributed by atoms with Crippen LogP contribution in [0.1, 0.15) is 6.92 Å². The van der Waals surface area contributed by atoms with Crippen molar-refractivity contribution < 1.29 is 12.8 Å². The molecule has 0 saturated carbocycles. The fourth-order valence-corrected chi connectivity index (χ4v) is 5.89. The van der Waals surface area contributed by atoms with Gasteiger partial charge >= 0.3 is 6.01 Å². The summed E-state index contributed by atoms with van der Waals surface area (Å²) >= 11 is 7.57. The molecular weight excluding hydrogens is 478 g/mol. The molecule has 33 heavy (non-hydrogen) atoms. The van der Waals surface area contributed by atoms with E-state index in [1.54, 1.807) is 60.7 Å². The third-order valence-electron chi connectivity index (χ3n) is 5.09. The van der Waals surface area contributed by atoms with Crippen molar-refractivity contribution in [2.45, 2.75) is 11.8 Å². The molecule has 6 nitrogen and oxygen atoms in total. The summed E-state index contributed by atoms with van der Waals surface area (Å²) in [5.41, 5.74) is 2.91. The van der Waals surface area contributed by atoms with Gasteiger partial charge in [-0.1, -0.05) is 54.1 Å². The van der Waals surface area contributed by atoms with E-state index in [-0.39, 0.29) is 17.5 Å². The predicted octanol–water partition coefficient (Wildman–Crippen LogP) is 6.49. The van der Waals surface area contributed by atoms with Crippen LogP contribution in [0.5, 0.6) is 0 Å². The van der Waals surface area contributed by atoms with Gasteiger partial charge in [-0.15, -0.1) is 11.3 Å². The van der Waals surface area contributed by atoms with Crippen LogP contribution in [0, 0.1) is 0 Å². The second kappa shape index (κ2) is 8.62. The molecule has 166 valence electrons. The van der Waals surface area contributed by atoms with E-state index in [4.69, 9.17) is 16.0 Å². The lowest BCUT2D eigenvalue weighted by molar-refractivity contribution is 0.568. The maximum absolute atomic E-state index is 13.3. The number of hydrogen-bond acceptors (Lipinski definition) is 6. The maximum Gasteiger partial charge on any atom is 0.312 e. The van der Waals surface area contributed by atoms with Crippen molar-refractivity contribution in [1.29, 1.82) is 0 Å². The van der Waals surface area contributed by atoms with Crippen LogP contribution in [0.2, 0.25) is 5.02 Å². The van der Waals surface area contributed by atoms with Crippen LogP contribution in [0.15, 0.2) is 88.3 Å². The van der Waals surface area contributed by atoms with Gasteiger partial charge in [-0.3, -0.25) is 0 Å². The van der Waals surface area contributed by atoms with Crippen molar-refractivity contribution in [3.8, 4) is 21.0 Å². The van der Waals surface area contributed by atoms with Gasteiger partial charge in [0.2, 0.25) is 0 Å². The number of aromatic nitrogens is 2. The van der Waals surface area contributed by atoms with E-state index in [0.717, 1.165) is 25.3 Å². The number of rotatable bonds is 6. The molecule has 0 amide bonds. The number of hydrogen-bond donors (Lipinski definition) is 0. The first-order valence-electron chi connectivity index (χ1n) is 10.2. The minimum atomic E-state index is -3.87. The van der Waals surface area contributed by atoms with E-state index in [9.17, 15) is 8.42 Å². The fraction of sp³-hybridized carbons (Fsp3) is 0.0833. The van der Waals surface area contributed by atoms with E-state index >= 15 is 0 Å². The highest BCUT2D eigenvalue weighted by Crippen LogP contribution is 2.33. The average molecular weight is 496 g/mol. The third kappa shape index (κ3) is 4.13. The van der Waals surface area contributed by atoms with Gasteiger partial charge in [0, 0.05) is 23.3 Å². The van der Waals surface area contributed by atoms with Crippen LogP contribution >= 0.6 is 22.9 Å². The highest BCUT2D eigenvalue weighted by Gasteiger charge is 2.28. The number of nitrogens with zero attached hydrogens (tertiary/aromatic N) is 3. The Balaban J connectivity index is 1.44. The summed E-state index contributed by atoms with van der Waals surface area (Å²) in [4.78, 5) is 10.0. The normalized spacial score (nSPS) is 11.7. The van der Waals surface area contributed by atoms with Crippen LogP contribution in [0.25, 0.3) is 32.1 Å². The summed E-state index contributed by atoms with van der Waals surface area (Å²) in [7, 11) is -3.87. The molecule has 2 aromatic heterocycles. The lowest BCUT2D eigenvalue weighted by Gasteiger charge is -2.18. The van der Waals surface area contributed by atoms with Gasteiger partial charge in [0.15, 0.2) is 5.58 Å². The first-order chi connectivity index (χ1) is 16.0. The van der Waals surface area contributed by atoms with E-state index in [1.165, 1.54) is 0 Å². The smallest absolute Gasteiger partial charge is 0.312 e. The molecule has 0 fully saturated rings. The van der Waals surface area contributed by atoms with Crippen molar-refractivity contribution in [2.24, 2.45) is 0 Å². The minimum Gasteiger partial charge on any atom is -0.423 e. The number of fused-ring (bicyclic) bond motifs is 1. The Labute approximate surface area is 200 Å². The standard InChI is InChI=1S/C24H18ClN3O3S2/c1-2-28(24-27-20-14-18(25)10-13-21(20)31-24)33(29,30)19-11-8-17(9-12-19)23-26-15-22(32-23)16-6-4-3-5-7-16/h3-15H,2H2,1H3. The van der Waals surface area contributed by atoms with Crippen LogP contribution in [0.4, 0.5) is 6.01 Å². The highest BCUT2D eigenvalue weighted by atomic mass is 35.5. The second-order valence-electron chi connectivity index (χ2n) is 7.20. The highest BCUT2D eigenvalue weighted by molar-refractivity contribution is 7.92. The maximum atomic E-state index is 13.3. The molecule has 0 N–H and O–H groups in total. The molecule has 5 rings (SSSR count). The number of thiazole rings is 1. The van der Waals surface area contributed by atoms with Crippen molar-refractivity contribution in [3.63, 3.8) is 0 Å². The lowest BCUT2D eigenvalue weighted by atomic mass is 10.2. The molecule has 0 saturated heterocycles. The molecule has 0 aliphatic heterocycles. The zero-order chi connectivity index (χ0) is 23.0. The number of benzene rings is 3. The fourth-order valence-electron chi connectivity index (χ4n) is 3.44. The molecule has 0 bridgehead atoms. The molecule has 2 heterocycles. The molecule has 5 aromatic rings. The first kappa shape index (κ1) is 21.6. The minimum absolute atomic E-state index is 0.00581. The first-order valence-corrected chi connectivity index (χ1v) is 12.8. The lowest BCUT2D eigenvalue weighted by Crippen LogP contribution is -2.31. The van der Waals surface area contributed by atoms with Crippen LogP contribution in [0.3, 0.4) is 0 Å². The largest absolute Gasteiger partial charge is 0.423 e. The number of halogens is 1. The van der Waals surface area contributed by atoms with Gasteiger partial charge < -0.3 is 4.42 Å².